The normalized spacial score (nSPS) is 18.1. The van der Waals surface area contributed by atoms with Crippen molar-refractivity contribution in [3.63, 3.8) is 0 Å². The van der Waals surface area contributed by atoms with Crippen LogP contribution in [-0.2, 0) is 9.53 Å². The van der Waals surface area contributed by atoms with E-state index in [4.69, 9.17) is 28.4 Å². The van der Waals surface area contributed by atoms with Crippen molar-refractivity contribution in [1.29, 1.82) is 0 Å². The topological polar surface area (TPSA) is 84.5 Å². The maximum absolute atomic E-state index is 13.2. The number of nitrogens with one attached hydrogen (secondary N) is 1. The fourth-order valence-electron chi connectivity index (χ4n) is 4.69. The summed E-state index contributed by atoms with van der Waals surface area (Å²) in [6.07, 6.45) is 3.04. The first-order valence-electron chi connectivity index (χ1n) is 11.3. The van der Waals surface area contributed by atoms with Gasteiger partial charge in [0.1, 0.15) is 0 Å². The van der Waals surface area contributed by atoms with Crippen molar-refractivity contribution < 1.29 is 33.2 Å². The predicted octanol–water partition coefficient (Wildman–Crippen LogP) is 3.76. The summed E-state index contributed by atoms with van der Waals surface area (Å²) in [6.45, 7) is 3.67. The molecular formula is C26H31NO7. The first-order valence-corrected chi connectivity index (χ1v) is 11.3. The Balaban J connectivity index is 1.93. The number of hydrogen-bond acceptors (Lipinski definition) is 8. The zero-order valence-corrected chi connectivity index (χ0v) is 20.2. The summed E-state index contributed by atoms with van der Waals surface area (Å²) in [5.74, 6) is 1.64. The summed E-state index contributed by atoms with van der Waals surface area (Å²) < 4.78 is 33.3. The summed E-state index contributed by atoms with van der Waals surface area (Å²) in [7, 11) is 6.13. The van der Waals surface area contributed by atoms with E-state index in [9.17, 15) is 4.79 Å². The van der Waals surface area contributed by atoms with Gasteiger partial charge < -0.3 is 33.7 Å². The highest BCUT2D eigenvalue weighted by Gasteiger charge is 2.40. The van der Waals surface area contributed by atoms with Gasteiger partial charge in [-0.2, -0.15) is 0 Å². The maximum Gasteiger partial charge on any atom is 0.313 e. The fraction of sp³-hybridized carbons (Fsp3) is 0.423. The predicted molar refractivity (Wildman–Crippen MR) is 127 cm³/mol. The summed E-state index contributed by atoms with van der Waals surface area (Å²) in [5.41, 5.74) is 3.68. The molecule has 0 spiro atoms. The Morgan fingerprint density at radius 1 is 1.00 bits per heavy atom. The lowest BCUT2D eigenvalue weighted by atomic mass is 9.71. The van der Waals surface area contributed by atoms with Crippen LogP contribution in [0.15, 0.2) is 29.8 Å². The number of carbonyl (C=O) groups is 1. The average molecular weight is 470 g/mol. The summed E-state index contributed by atoms with van der Waals surface area (Å²) in [4.78, 5) is 13.2. The first-order chi connectivity index (χ1) is 16.6. The second-order valence-electron chi connectivity index (χ2n) is 8.17. The number of methoxy groups -OCH3 is 4. The average Bonchev–Trinajstić information content (AvgIpc) is 3.32. The summed E-state index contributed by atoms with van der Waals surface area (Å²) in [6, 6.07) is 7.70. The molecule has 1 aliphatic carbocycles. The van der Waals surface area contributed by atoms with E-state index >= 15 is 0 Å². The van der Waals surface area contributed by atoms with Crippen LogP contribution in [0.2, 0.25) is 0 Å². The highest BCUT2D eigenvalue weighted by atomic mass is 16.7. The van der Waals surface area contributed by atoms with Crippen LogP contribution in [0.5, 0.6) is 28.7 Å². The molecule has 2 aromatic carbocycles. The van der Waals surface area contributed by atoms with Crippen molar-refractivity contribution in [2.24, 2.45) is 5.92 Å². The molecular weight excluding hydrogens is 438 g/mol. The molecule has 0 saturated heterocycles. The Labute approximate surface area is 199 Å². The molecule has 4 rings (SSSR count). The SMILES string of the molecule is CCCNCC1=Cc2cc3c(cc2[C@@H](c2cc(OC)c(OC)c(OC)c2)[C@@H]1C(=O)OC)OCO3. The number of carbonyl (C=O) groups excluding carboxylic acids is 1. The maximum atomic E-state index is 13.2. The molecule has 0 fully saturated rings. The molecule has 1 heterocycles. The van der Waals surface area contributed by atoms with Crippen molar-refractivity contribution in [2.75, 3.05) is 48.3 Å². The molecule has 0 unspecified atom stereocenters. The quantitative estimate of drug-likeness (QED) is 0.439. The third kappa shape index (κ3) is 4.25. The number of rotatable bonds is 9. The molecule has 2 aliphatic rings. The van der Waals surface area contributed by atoms with Crippen LogP contribution in [0.4, 0.5) is 0 Å². The lowest BCUT2D eigenvalue weighted by Gasteiger charge is -2.34. The minimum Gasteiger partial charge on any atom is -0.493 e. The second-order valence-corrected chi connectivity index (χ2v) is 8.17. The van der Waals surface area contributed by atoms with Gasteiger partial charge in [-0.3, -0.25) is 4.79 Å². The van der Waals surface area contributed by atoms with Gasteiger partial charge in [-0.1, -0.05) is 13.0 Å². The lowest BCUT2D eigenvalue weighted by molar-refractivity contribution is -0.144. The largest absolute Gasteiger partial charge is 0.493 e. The molecule has 182 valence electrons. The van der Waals surface area contributed by atoms with Crippen LogP contribution in [0.3, 0.4) is 0 Å². The minimum absolute atomic E-state index is 0.169. The third-order valence-corrected chi connectivity index (χ3v) is 6.24. The van der Waals surface area contributed by atoms with Gasteiger partial charge in [-0.05, 0) is 59.5 Å². The van der Waals surface area contributed by atoms with Gasteiger partial charge in [-0.25, -0.2) is 0 Å². The third-order valence-electron chi connectivity index (χ3n) is 6.24. The van der Waals surface area contributed by atoms with Crippen LogP contribution < -0.4 is 29.0 Å². The highest BCUT2D eigenvalue weighted by molar-refractivity contribution is 5.84. The van der Waals surface area contributed by atoms with Crippen LogP contribution in [-0.4, -0.2) is 54.3 Å². The van der Waals surface area contributed by atoms with Crippen LogP contribution in [0.1, 0.15) is 36.0 Å². The van der Waals surface area contributed by atoms with E-state index in [1.54, 1.807) is 21.3 Å². The number of hydrogen-bond donors (Lipinski definition) is 1. The van der Waals surface area contributed by atoms with Gasteiger partial charge in [0.2, 0.25) is 12.5 Å². The molecule has 1 aliphatic heterocycles. The van der Waals surface area contributed by atoms with Gasteiger partial charge in [0.15, 0.2) is 23.0 Å². The van der Waals surface area contributed by atoms with Gasteiger partial charge >= 0.3 is 5.97 Å². The van der Waals surface area contributed by atoms with Crippen molar-refractivity contribution in [3.8, 4) is 28.7 Å². The molecule has 0 radical (unpaired) electrons. The Bertz CT molecular complexity index is 1070. The van der Waals surface area contributed by atoms with Gasteiger partial charge in [0.25, 0.3) is 0 Å². The smallest absolute Gasteiger partial charge is 0.313 e. The molecule has 2 aromatic rings. The van der Waals surface area contributed by atoms with E-state index in [1.807, 2.05) is 24.3 Å². The molecule has 0 saturated carbocycles. The number of ether oxygens (including phenoxy) is 6. The zero-order chi connectivity index (χ0) is 24.2. The van der Waals surface area contributed by atoms with Crippen LogP contribution in [0.25, 0.3) is 6.08 Å². The molecule has 0 amide bonds. The van der Waals surface area contributed by atoms with E-state index in [-0.39, 0.29) is 18.7 Å². The van der Waals surface area contributed by atoms with Crippen molar-refractivity contribution in [1.82, 2.24) is 5.32 Å². The first kappa shape index (κ1) is 23.8. The van der Waals surface area contributed by atoms with E-state index in [0.717, 1.165) is 35.2 Å². The molecule has 34 heavy (non-hydrogen) atoms. The van der Waals surface area contributed by atoms with E-state index in [1.165, 1.54) is 7.11 Å². The lowest BCUT2D eigenvalue weighted by Crippen LogP contribution is -2.33. The fourth-order valence-corrected chi connectivity index (χ4v) is 4.69. The van der Waals surface area contributed by atoms with Crippen molar-refractivity contribution in [2.45, 2.75) is 19.3 Å². The van der Waals surface area contributed by atoms with Gasteiger partial charge in [-0.15, -0.1) is 0 Å². The van der Waals surface area contributed by atoms with Gasteiger partial charge in [0, 0.05) is 12.5 Å². The summed E-state index contributed by atoms with van der Waals surface area (Å²) >= 11 is 0. The number of esters is 1. The second kappa shape index (κ2) is 10.3. The summed E-state index contributed by atoms with van der Waals surface area (Å²) in [5, 5.41) is 3.43. The van der Waals surface area contributed by atoms with Crippen LogP contribution in [0, 0.1) is 5.92 Å². The minimum atomic E-state index is -0.551. The van der Waals surface area contributed by atoms with E-state index in [2.05, 4.69) is 18.3 Å². The van der Waals surface area contributed by atoms with Gasteiger partial charge in [0.05, 0.1) is 34.4 Å². The molecule has 0 aromatic heterocycles. The highest BCUT2D eigenvalue weighted by Crippen LogP contribution is 2.50. The Kier molecular flexibility index (Phi) is 7.17. The zero-order valence-electron chi connectivity index (χ0n) is 20.2. The monoisotopic (exact) mass is 469 g/mol. The molecule has 8 nitrogen and oxygen atoms in total. The van der Waals surface area contributed by atoms with Crippen molar-refractivity contribution >= 4 is 12.0 Å². The molecule has 8 heteroatoms. The molecule has 1 N–H and O–H groups in total. The number of benzene rings is 2. The standard InChI is InChI=1S/C26H31NO7/c1-6-7-27-13-17-8-15-9-19-20(34-14-33-19)12-18(15)23(24(17)26(28)32-5)16-10-21(29-2)25(31-4)22(11-16)30-3/h8-12,23-24,27H,6-7,13-14H2,1-5H3/t23-,24-/m1/s1. The number of fused-ring (bicyclic) bond motifs is 2. The van der Waals surface area contributed by atoms with Crippen LogP contribution >= 0.6 is 0 Å². The van der Waals surface area contributed by atoms with E-state index in [0.29, 0.717) is 35.3 Å². The molecule has 0 bridgehead atoms. The van der Waals surface area contributed by atoms with E-state index < -0.39 is 5.92 Å². The Morgan fingerprint density at radius 2 is 1.68 bits per heavy atom. The Hall–Kier alpha value is -3.39. The van der Waals surface area contributed by atoms with Crippen molar-refractivity contribution in [3.05, 3.63) is 46.5 Å². The Morgan fingerprint density at radius 3 is 2.26 bits per heavy atom. The molecule has 2 atom stereocenters.